The monoisotopic (exact) mass is 265 g/mol. The molecule has 0 aliphatic rings. The number of nitrogens with one attached hydrogen (secondary N) is 3. The lowest BCUT2D eigenvalue weighted by molar-refractivity contribution is 0.217. The Morgan fingerprint density at radius 2 is 1.68 bits per heavy atom. The van der Waals surface area contributed by atoms with Crippen LogP contribution in [-0.2, 0) is 0 Å². The van der Waals surface area contributed by atoms with Crippen LogP contribution < -0.4 is 21.7 Å². The summed E-state index contributed by atoms with van der Waals surface area (Å²) < 4.78 is 0. The number of amides is 4. The van der Waals surface area contributed by atoms with Gasteiger partial charge in [0.1, 0.15) is 0 Å². The number of urea groups is 2. The average molecular weight is 265 g/mol. The molecule has 19 heavy (non-hydrogen) atoms. The van der Waals surface area contributed by atoms with Gasteiger partial charge in [0, 0.05) is 38.6 Å². The molecule has 0 unspecified atom stereocenters. The number of nitrogens with two attached hydrogens (primary N) is 1. The Hall–Kier alpha value is -2.44. The van der Waals surface area contributed by atoms with Gasteiger partial charge in [-0.25, -0.2) is 9.59 Å². The fourth-order valence-corrected chi connectivity index (χ4v) is 1.25. The zero-order valence-electron chi connectivity index (χ0n) is 11.1. The van der Waals surface area contributed by atoms with Crippen molar-refractivity contribution in [2.24, 2.45) is 0 Å². The first kappa shape index (κ1) is 14.6. The Labute approximate surface area is 112 Å². The molecule has 5 N–H and O–H groups in total. The molecule has 0 saturated heterocycles. The summed E-state index contributed by atoms with van der Waals surface area (Å²) in [4.78, 5) is 24.1. The number of carbonyl (C=O) groups is 2. The van der Waals surface area contributed by atoms with Crippen LogP contribution in [0.25, 0.3) is 0 Å². The second-order valence-corrected chi connectivity index (χ2v) is 4.13. The second kappa shape index (κ2) is 7.10. The van der Waals surface area contributed by atoms with E-state index in [9.17, 15) is 9.59 Å². The molecule has 104 valence electrons. The van der Waals surface area contributed by atoms with Crippen LogP contribution in [-0.4, -0.2) is 44.1 Å². The fraction of sp³-hybridized carbons (Fsp3) is 0.333. The lowest BCUT2D eigenvalue weighted by Crippen LogP contribution is -2.40. The molecular weight excluding hydrogens is 246 g/mol. The van der Waals surface area contributed by atoms with Gasteiger partial charge in [0.25, 0.3) is 0 Å². The molecule has 0 fully saturated rings. The average Bonchev–Trinajstić information content (AvgIpc) is 2.37. The van der Waals surface area contributed by atoms with E-state index in [-0.39, 0.29) is 12.1 Å². The van der Waals surface area contributed by atoms with Gasteiger partial charge in [-0.1, -0.05) is 0 Å². The van der Waals surface area contributed by atoms with E-state index in [4.69, 9.17) is 5.73 Å². The molecule has 7 heteroatoms. The van der Waals surface area contributed by atoms with Gasteiger partial charge in [-0.05, 0) is 24.3 Å². The molecule has 0 aliphatic carbocycles. The zero-order chi connectivity index (χ0) is 14.3. The first-order valence-corrected chi connectivity index (χ1v) is 5.84. The lowest BCUT2D eigenvalue weighted by atomic mass is 10.3. The van der Waals surface area contributed by atoms with Crippen LogP contribution in [0.4, 0.5) is 21.0 Å². The van der Waals surface area contributed by atoms with Crippen LogP contribution >= 0.6 is 0 Å². The first-order chi connectivity index (χ1) is 8.99. The maximum Gasteiger partial charge on any atom is 0.319 e. The highest BCUT2D eigenvalue weighted by Crippen LogP contribution is 2.09. The van der Waals surface area contributed by atoms with Gasteiger partial charge >= 0.3 is 12.1 Å². The normalized spacial score (nSPS) is 9.58. The van der Waals surface area contributed by atoms with Crippen molar-refractivity contribution in [3.05, 3.63) is 24.3 Å². The van der Waals surface area contributed by atoms with Gasteiger partial charge in [-0.3, -0.25) is 0 Å². The van der Waals surface area contributed by atoms with Crippen molar-refractivity contribution in [2.45, 2.75) is 0 Å². The van der Waals surface area contributed by atoms with Crippen molar-refractivity contribution >= 4 is 23.4 Å². The quantitative estimate of drug-likeness (QED) is 0.475. The van der Waals surface area contributed by atoms with Crippen molar-refractivity contribution < 1.29 is 9.59 Å². The molecule has 0 heterocycles. The van der Waals surface area contributed by atoms with E-state index in [1.807, 2.05) is 0 Å². The van der Waals surface area contributed by atoms with E-state index >= 15 is 0 Å². The summed E-state index contributed by atoms with van der Waals surface area (Å²) in [6, 6.07) is 6.30. The summed E-state index contributed by atoms with van der Waals surface area (Å²) in [5, 5.41) is 7.91. The lowest BCUT2D eigenvalue weighted by Gasteiger charge is -2.12. The van der Waals surface area contributed by atoms with Crippen molar-refractivity contribution in [2.75, 3.05) is 38.2 Å². The minimum absolute atomic E-state index is 0.194. The largest absolute Gasteiger partial charge is 0.399 e. The molecular formula is C12H19N5O2. The summed E-state index contributed by atoms with van der Waals surface area (Å²) in [5.74, 6) is 0. The first-order valence-electron chi connectivity index (χ1n) is 5.84. The van der Waals surface area contributed by atoms with Crippen LogP contribution in [0, 0.1) is 0 Å². The third-order valence-electron chi connectivity index (χ3n) is 2.26. The Bertz CT molecular complexity index is 430. The maximum absolute atomic E-state index is 11.5. The Kier molecular flexibility index (Phi) is 5.46. The number of nitrogens with zero attached hydrogens (tertiary/aromatic N) is 1. The topological polar surface area (TPSA) is 99.5 Å². The van der Waals surface area contributed by atoms with Crippen molar-refractivity contribution in [1.29, 1.82) is 0 Å². The van der Waals surface area contributed by atoms with E-state index in [0.29, 0.717) is 24.5 Å². The zero-order valence-corrected chi connectivity index (χ0v) is 11.1. The van der Waals surface area contributed by atoms with E-state index < -0.39 is 0 Å². The molecule has 4 amide bonds. The van der Waals surface area contributed by atoms with Gasteiger partial charge in [-0.2, -0.15) is 0 Å². The predicted octanol–water partition coefficient (Wildman–Crippen LogP) is 0.662. The molecule has 0 radical (unpaired) electrons. The van der Waals surface area contributed by atoms with Gasteiger partial charge in [0.05, 0.1) is 0 Å². The molecule has 7 nitrogen and oxygen atoms in total. The third-order valence-corrected chi connectivity index (χ3v) is 2.26. The van der Waals surface area contributed by atoms with Gasteiger partial charge in [0.15, 0.2) is 0 Å². The van der Waals surface area contributed by atoms with E-state index in [1.165, 1.54) is 4.90 Å². The predicted molar refractivity (Wildman–Crippen MR) is 75.0 cm³/mol. The Balaban J connectivity index is 2.21. The number of carbonyl (C=O) groups excluding carboxylic acids is 2. The van der Waals surface area contributed by atoms with Crippen LogP contribution in [0.15, 0.2) is 24.3 Å². The van der Waals surface area contributed by atoms with Crippen LogP contribution in [0.3, 0.4) is 0 Å². The number of hydrogen-bond donors (Lipinski definition) is 4. The van der Waals surface area contributed by atoms with Gasteiger partial charge in [0.2, 0.25) is 0 Å². The van der Waals surface area contributed by atoms with E-state index in [0.717, 1.165) is 0 Å². The molecule has 0 atom stereocenters. The summed E-state index contributed by atoms with van der Waals surface area (Å²) in [6.07, 6.45) is 0. The van der Waals surface area contributed by atoms with Crippen molar-refractivity contribution in [1.82, 2.24) is 15.5 Å². The van der Waals surface area contributed by atoms with E-state index in [1.54, 1.807) is 38.4 Å². The summed E-state index contributed by atoms with van der Waals surface area (Å²) in [7, 11) is 3.30. The molecule has 0 spiro atoms. The molecule has 1 aromatic rings. The van der Waals surface area contributed by atoms with Crippen LogP contribution in [0.5, 0.6) is 0 Å². The minimum Gasteiger partial charge on any atom is -0.399 e. The number of nitrogen functional groups attached to an aromatic ring is 1. The summed E-state index contributed by atoms with van der Waals surface area (Å²) in [6.45, 7) is 0.715. The Morgan fingerprint density at radius 3 is 2.26 bits per heavy atom. The standard InChI is InChI=1S/C12H19N5O2/c1-17(2)12(19)15-8-7-14-11(18)16-10-5-3-9(13)4-6-10/h3-6H,7-8,13H2,1-2H3,(H,15,19)(H2,14,16,18). The maximum atomic E-state index is 11.5. The Morgan fingerprint density at radius 1 is 1.11 bits per heavy atom. The van der Waals surface area contributed by atoms with Crippen molar-refractivity contribution in [3.63, 3.8) is 0 Å². The number of benzene rings is 1. The van der Waals surface area contributed by atoms with Crippen LogP contribution in [0.1, 0.15) is 0 Å². The van der Waals surface area contributed by atoms with Gasteiger partial charge in [-0.15, -0.1) is 0 Å². The highest BCUT2D eigenvalue weighted by Gasteiger charge is 2.03. The number of anilines is 2. The second-order valence-electron chi connectivity index (χ2n) is 4.13. The molecule has 0 bridgehead atoms. The fourth-order valence-electron chi connectivity index (χ4n) is 1.25. The highest BCUT2D eigenvalue weighted by atomic mass is 16.2. The minimum atomic E-state index is -0.330. The highest BCUT2D eigenvalue weighted by molar-refractivity contribution is 5.89. The van der Waals surface area contributed by atoms with Crippen LogP contribution in [0.2, 0.25) is 0 Å². The summed E-state index contributed by atoms with van der Waals surface area (Å²) >= 11 is 0. The number of hydrogen-bond acceptors (Lipinski definition) is 3. The smallest absolute Gasteiger partial charge is 0.319 e. The molecule has 0 aromatic heterocycles. The molecule has 0 aliphatic heterocycles. The summed E-state index contributed by atoms with van der Waals surface area (Å²) in [5.41, 5.74) is 6.83. The van der Waals surface area contributed by atoms with Crippen molar-refractivity contribution in [3.8, 4) is 0 Å². The molecule has 1 aromatic carbocycles. The number of rotatable bonds is 4. The SMILES string of the molecule is CN(C)C(=O)NCCNC(=O)Nc1ccc(N)cc1. The molecule has 1 rings (SSSR count). The third kappa shape index (κ3) is 5.62. The van der Waals surface area contributed by atoms with Gasteiger partial charge < -0.3 is 26.6 Å². The van der Waals surface area contributed by atoms with E-state index in [2.05, 4.69) is 16.0 Å². The molecule has 0 saturated carbocycles.